The molecule has 5 heteroatoms. The molecule has 0 aliphatic carbocycles. The second kappa shape index (κ2) is 8.19. The minimum absolute atomic E-state index is 0.0587. The van der Waals surface area contributed by atoms with Gasteiger partial charge >= 0.3 is 0 Å². The number of anilines is 1. The molecule has 3 nitrogen and oxygen atoms in total. The van der Waals surface area contributed by atoms with Crippen LogP contribution in [0.3, 0.4) is 0 Å². The average molecular weight is 371 g/mol. The number of rotatable bonds is 6. The molecule has 0 spiro atoms. The Balaban J connectivity index is 1.68. The SMILES string of the molecule is Cc1cc(Cl)ccc1NCC(=O)N[C@H](c1ccccc1)c1cccs1. The van der Waals surface area contributed by atoms with Crippen molar-refractivity contribution < 1.29 is 4.79 Å². The summed E-state index contributed by atoms with van der Waals surface area (Å²) in [5, 5.41) is 9.00. The summed E-state index contributed by atoms with van der Waals surface area (Å²) in [6.07, 6.45) is 0. The molecule has 3 rings (SSSR count). The van der Waals surface area contributed by atoms with Crippen molar-refractivity contribution in [2.24, 2.45) is 0 Å². The average Bonchev–Trinajstić information content (AvgIpc) is 3.14. The van der Waals surface area contributed by atoms with Gasteiger partial charge in [-0.15, -0.1) is 11.3 Å². The van der Waals surface area contributed by atoms with Gasteiger partial charge in [0.05, 0.1) is 12.6 Å². The van der Waals surface area contributed by atoms with E-state index in [1.807, 2.05) is 73.0 Å². The Hall–Kier alpha value is -2.30. The van der Waals surface area contributed by atoms with Crippen LogP contribution in [0.1, 0.15) is 22.0 Å². The first-order valence-corrected chi connectivity index (χ1v) is 9.27. The third-order valence-electron chi connectivity index (χ3n) is 3.89. The molecule has 0 saturated heterocycles. The summed E-state index contributed by atoms with van der Waals surface area (Å²) in [7, 11) is 0. The Morgan fingerprint density at radius 3 is 2.60 bits per heavy atom. The van der Waals surface area contributed by atoms with Gasteiger partial charge in [-0.05, 0) is 47.7 Å². The topological polar surface area (TPSA) is 41.1 Å². The van der Waals surface area contributed by atoms with Crippen LogP contribution in [0.2, 0.25) is 5.02 Å². The molecule has 0 fully saturated rings. The third kappa shape index (κ3) is 4.62. The summed E-state index contributed by atoms with van der Waals surface area (Å²) in [6, 6.07) is 19.5. The largest absolute Gasteiger partial charge is 0.376 e. The maximum atomic E-state index is 12.5. The number of thiophene rings is 1. The third-order valence-corrected chi connectivity index (χ3v) is 5.07. The van der Waals surface area contributed by atoms with Crippen molar-refractivity contribution in [1.82, 2.24) is 5.32 Å². The Kier molecular flexibility index (Phi) is 5.74. The van der Waals surface area contributed by atoms with E-state index < -0.39 is 0 Å². The molecule has 25 heavy (non-hydrogen) atoms. The van der Waals surface area contributed by atoms with Gasteiger partial charge in [-0.2, -0.15) is 0 Å². The molecule has 2 N–H and O–H groups in total. The first-order valence-electron chi connectivity index (χ1n) is 8.01. The number of aryl methyl sites for hydroxylation is 1. The highest BCUT2D eigenvalue weighted by Crippen LogP contribution is 2.26. The fraction of sp³-hybridized carbons (Fsp3) is 0.150. The normalized spacial score (nSPS) is 11.8. The predicted octanol–water partition coefficient (Wildman–Crippen LogP) is 5.03. The highest BCUT2D eigenvalue weighted by molar-refractivity contribution is 7.10. The molecule has 0 unspecified atom stereocenters. The van der Waals surface area contributed by atoms with Crippen LogP contribution < -0.4 is 10.6 Å². The van der Waals surface area contributed by atoms with Crippen LogP contribution in [0.4, 0.5) is 5.69 Å². The maximum absolute atomic E-state index is 12.5. The van der Waals surface area contributed by atoms with Crippen molar-refractivity contribution in [3.05, 3.63) is 87.1 Å². The molecule has 0 saturated carbocycles. The van der Waals surface area contributed by atoms with E-state index in [1.54, 1.807) is 11.3 Å². The first-order chi connectivity index (χ1) is 12.1. The van der Waals surface area contributed by atoms with Crippen LogP contribution in [0.25, 0.3) is 0 Å². The number of carbonyl (C=O) groups excluding carboxylic acids is 1. The molecule has 0 radical (unpaired) electrons. The number of halogens is 1. The van der Waals surface area contributed by atoms with Crippen LogP contribution in [-0.4, -0.2) is 12.5 Å². The number of hydrogen-bond donors (Lipinski definition) is 2. The van der Waals surface area contributed by atoms with Gasteiger partial charge < -0.3 is 10.6 Å². The van der Waals surface area contributed by atoms with Crippen molar-refractivity contribution in [3.8, 4) is 0 Å². The van der Waals surface area contributed by atoms with Crippen molar-refractivity contribution in [3.63, 3.8) is 0 Å². The van der Waals surface area contributed by atoms with Crippen molar-refractivity contribution in [1.29, 1.82) is 0 Å². The van der Waals surface area contributed by atoms with Gasteiger partial charge in [0.15, 0.2) is 0 Å². The predicted molar refractivity (Wildman–Crippen MR) is 105 cm³/mol. The number of hydrogen-bond acceptors (Lipinski definition) is 3. The minimum atomic E-state index is -0.137. The molecule has 0 bridgehead atoms. The quantitative estimate of drug-likeness (QED) is 0.639. The molecule has 128 valence electrons. The standard InChI is InChI=1S/C20H19ClN2OS/c1-14-12-16(21)9-10-17(14)22-13-19(24)23-20(18-8-5-11-25-18)15-6-3-2-4-7-15/h2-12,20,22H,13H2,1H3,(H,23,24)/t20-/m1/s1. The summed E-state index contributed by atoms with van der Waals surface area (Å²) < 4.78 is 0. The molecule has 1 amide bonds. The lowest BCUT2D eigenvalue weighted by Gasteiger charge is -2.19. The Morgan fingerprint density at radius 2 is 1.92 bits per heavy atom. The summed E-state index contributed by atoms with van der Waals surface area (Å²) in [5.74, 6) is -0.0587. The highest BCUT2D eigenvalue weighted by Gasteiger charge is 2.17. The van der Waals surface area contributed by atoms with E-state index in [0.29, 0.717) is 5.02 Å². The van der Waals surface area contributed by atoms with Gasteiger partial charge in [-0.3, -0.25) is 4.79 Å². The van der Waals surface area contributed by atoms with E-state index in [-0.39, 0.29) is 18.5 Å². The first kappa shape index (κ1) is 17.5. The summed E-state index contributed by atoms with van der Waals surface area (Å²) >= 11 is 7.60. The van der Waals surface area contributed by atoms with Crippen molar-refractivity contribution >= 4 is 34.5 Å². The zero-order valence-electron chi connectivity index (χ0n) is 13.8. The molecule has 1 atom stereocenters. The van der Waals surface area contributed by atoms with E-state index in [0.717, 1.165) is 21.7 Å². The number of nitrogens with one attached hydrogen (secondary N) is 2. The van der Waals surface area contributed by atoms with Gasteiger partial charge in [0.2, 0.25) is 5.91 Å². The van der Waals surface area contributed by atoms with Crippen LogP contribution in [0.15, 0.2) is 66.0 Å². The number of amides is 1. The smallest absolute Gasteiger partial charge is 0.240 e. The van der Waals surface area contributed by atoms with Gasteiger partial charge in [0, 0.05) is 15.6 Å². The van der Waals surface area contributed by atoms with E-state index in [2.05, 4.69) is 10.6 Å². The van der Waals surface area contributed by atoms with Crippen molar-refractivity contribution in [2.45, 2.75) is 13.0 Å². The Labute approximate surface area is 156 Å². The van der Waals surface area contributed by atoms with Gasteiger partial charge in [-0.1, -0.05) is 48.0 Å². The second-order valence-corrected chi connectivity index (χ2v) is 7.16. The maximum Gasteiger partial charge on any atom is 0.240 e. The highest BCUT2D eigenvalue weighted by atomic mass is 35.5. The van der Waals surface area contributed by atoms with Gasteiger partial charge in [0.1, 0.15) is 0 Å². The molecule has 0 aliphatic rings. The lowest BCUT2D eigenvalue weighted by molar-refractivity contribution is -0.119. The molecule has 3 aromatic rings. The molecular weight excluding hydrogens is 352 g/mol. The summed E-state index contributed by atoms with van der Waals surface area (Å²) in [6.45, 7) is 2.17. The fourth-order valence-electron chi connectivity index (χ4n) is 2.63. The van der Waals surface area contributed by atoms with Gasteiger partial charge in [-0.25, -0.2) is 0 Å². The van der Waals surface area contributed by atoms with E-state index in [1.165, 1.54) is 0 Å². The fourth-order valence-corrected chi connectivity index (χ4v) is 3.66. The van der Waals surface area contributed by atoms with E-state index in [4.69, 9.17) is 11.6 Å². The van der Waals surface area contributed by atoms with Crippen molar-refractivity contribution in [2.75, 3.05) is 11.9 Å². The monoisotopic (exact) mass is 370 g/mol. The Bertz CT molecular complexity index is 834. The van der Waals surface area contributed by atoms with Gasteiger partial charge in [0.25, 0.3) is 0 Å². The number of benzene rings is 2. The molecule has 0 aliphatic heterocycles. The molecule has 1 aromatic heterocycles. The minimum Gasteiger partial charge on any atom is -0.376 e. The number of carbonyl (C=O) groups is 1. The lowest BCUT2D eigenvalue weighted by Crippen LogP contribution is -2.33. The zero-order chi connectivity index (χ0) is 17.6. The molecular formula is C20H19ClN2OS. The van der Waals surface area contributed by atoms with E-state index >= 15 is 0 Å². The lowest BCUT2D eigenvalue weighted by atomic mass is 10.1. The van der Waals surface area contributed by atoms with Crippen LogP contribution in [0.5, 0.6) is 0 Å². The molecule has 1 heterocycles. The Morgan fingerprint density at radius 1 is 1.12 bits per heavy atom. The summed E-state index contributed by atoms with van der Waals surface area (Å²) in [4.78, 5) is 13.6. The van der Waals surface area contributed by atoms with Crippen LogP contribution in [0, 0.1) is 6.92 Å². The van der Waals surface area contributed by atoms with Crippen LogP contribution in [-0.2, 0) is 4.79 Å². The zero-order valence-corrected chi connectivity index (χ0v) is 15.4. The van der Waals surface area contributed by atoms with E-state index in [9.17, 15) is 4.79 Å². The van der Waals surface area contributed by atoms with Crippen LogP contribution >= 0.6 is 22.9 Å². The second-order valence-electron chi connectivity index (χ2n) is 5.74. The summed E-state index contributed by atoms with van der Waals surface area (Å²) in [5.41, 5.74) is 2.99. The molecule has 2 aromatic carbocycles.